The van der Waals surface area contributed by atoms with E-state index in [1.54, 1.807) is 10.8 Å². The number of aryl methyl sites for hydroxylation is 1. The van der Waals surface area contributed by atoms with Crippen LogP contribution in [-0.4, -0.2) is 24.2 Å². The lowest BCUT2D eigenvalue weighted by molar-refractivity contribution is 0.0878. The number of rotatable bonds is 6. The van der Waals surface area contributed by atoms with Crippen molar-refractivity contribution in [1.29, 1.82) is 0 Å². The Balaban J connectivity index is 2.13. The molecule has 2 heterocycles. The van der Waals surface area contributed by atoms with Crippen LogP contribution in [0.4, 0.5) is 0 Å². The minimum Gasteiger partial charge on any atom is -0.361 e. The van der Waals surface area contributed by atoms with Gasteiger partial charge < -0.3 is 4.74 Å². The molecule has 0 fully saturated rings. The van der Waals surface area contributed by atoms with Gasteiger partial charge >= 0.3 is 0 Å². The van der Waals surface area contributed by atoms with Crippen molar-refractivity contribution in [3.05, 3.63) is 62.6 Å². The van der Waals surface area contributed by atoms with Crippen molar-refractivity contribution >= 4 is 34.9 Å². The smallest absolute Gasteiger partial charge is 0.256 e. The Morgan fingerprint density at radius 3 is 2.61 bits per heavy atom. The molecule has 0 unspecified atom stereocenters. The fourth-order valence-electron chi connectivity index (χ4n) is 3.32. The Hall–Kier alpha value is -1.76. The molecule has 0 aliphatic carbocycles. The number of benzene rings is 1. The summed E-state index contributed by atoms with van der Waals surface area (Å²) in [5.74, 6) is 0. The molecule has 6 heteroatoms. The highest BCUT2D eigenvalue weighted by Gasteiger charge is 2.18. The maximum Gasteiger partial charge on any atom is 0.256 e. The molecule has 1 aromatic carbocycles. The van der Waals surface area contributed by atoms with Gasteiger partial charge in [-0.2, -0.15) is 0 Å². The van der Waals surface area contributed by atoms with E-state index in [0.29, 0.717) is 6.61 Å². The van der Waals surface area contributed by atoms with Gasteiger partial charge in [0.15, 0.2) is 0 Å². The lowest BCUT2D eigenvalue weighted by atomic mass is 9.96. The number of nitrogens with zero attached hydrogens (tertiary/aromatic N) is 2. The van der Waals surface area contributed by atoms with E-state index in [4.69, 9.17) is 4.74 Å². The summed E-state index contributed by atoms with van der Waals surface area (Å²) in [5, 5.41) is 1.02. The first-order chi connectivity index (χ1) is 13.2. The van der Waals surface area contributed by atoms with Gasteiger partial charge in [0.05, 0.1) is 5.52 Å². The molecule has 0 N–H and O–H groups in total. The third kappa shape index (κ3) is 4.45. The van der Waals surface area contributed by atoms with Crippen LogP contribution >= 0.6 is 15.9 Å². The molecule has 0 spiro atoms. The third-order valence-electron chi connectivity index (χ3n) is 4.95. The van der Waals surface area contributed by atoms with Gasteiger partial charge in [0.1, 0.15) is 6.73 Å². The van der Waals surface area contributed by atoms with Crippen LogP contribution in [0, 0.1) is 13.8 Å². The van der Waals surface area contributed by atoms with Crippen molar-refractivity contribution in [2.45, 2.75) is 46.3 Å². The van der Waals surface area contributed by atoms with Gasteiger partial charge in [0.2, 0.25) is 0 Å². The fraction of sp³-hybridized carbons (Fsp3) is 0.364. The van der Waals surface area contributed by atoms with Crippen molar-refractivity contribution in [2.75, 3.05) is 6.61 Å². The molecule has 0 saturated heterocycles. The first kappa shape index (κ1) is 21.0. The molecule has 2 aromatic heterocycles. The minimum atomic E-state index is -1.17. The second kappa shape index (κ2) is 8.31. The Kier molecular flexibility index (Phi) is 6.22. The van der Waals surface area contributed by atoms with Gasteiger partial charge in [0.25, 0.3) is 5.56 Å². The maximum absolute atomic E-state index is 13.2. The van der Waals surface area contributed by atoms with Gasteiger partial charge in [-0.15, -0.1) is 0 Å². The quantitative estimate of drug-likeness (QED) is 0.348. The van der Waals surface area contributed by atoms with E-state index in [0.717, 1.165) is 43.8 Å². The highest BCUT2D eigenvalue weighted by molar-refractivity contribution is 9.10. The number of aromatic nitrogens is 2. The number of fused-ring (bicyclic) bond motifs is 1. The summed E-state index contributed by atoms with van der Waals surface area (Å²) in [5.41, 5.74) is 4.44. The predicted octanol–water partition coefficient (Wildman–Crippen LogP) is 5.76. The van der Waals surface area contributed by atoms with E-state index in [1.807, 2.05) is 38.1 Å². The van der Waals surface area contributed by atoms with Crippen LogP contribution in [0.25, 0.3) is 22.0 Å². The van der Waals surface area contributed by atoms with E-state index in [-0.39, 0.29) is 12.3 Å². The first-order valence-electron chi connectivity index (χ1n) is 9.51. The van der Waals surface area contributed by atoms with Crippen molar-refractivity contribution < 1.29 is 4.74 Å². The molecule has 28 heavy (non-hydrogen) atoms. The molecule has 0 saturated carbocycles. The molecule has 0 aliphatic heterocycles. The molecule has 0 amide bonds. The largest absolute Gasteiger partial charge is 0.361 e. The molecule has 4 nitrogen and oxygen atoms in total. The average molecular weight is 459 g/mol. The van der Waals surface area contributed by atoms with E-state index in [9.17, 15) is 4.79 Å². The number of hydrogen-bond acceptors (Lipinski definition) is 3. The molecule has 3 aromatic rings. The molecule has 0 aliphatic rings. The van der Waals surface area contributed by atoms with E-state index in [1.165, 1.54) is 0 Å². The van der Waals surface area contributed by atoms with Crippen LogP contribution in [-0.2, 0) is 11.5 Å². The van der Waals surface area contributed by atoms with Crippen LogP contribution < -0.4 is 5.56 Å². The summed E-state index contributed by atoms with van der Waals surface area (Å²) < 4.78 is 8.64. The molecule has 0 radical (unpaired) electrons. The van der Waals surface area contributed by atoms with Gasteiger partial charge in [0, 0.05) is 53.1 Å². The number of halogens is 1. The monoisotopic (exact) mass is 458 g/mol. The zero-order valence-electron chi connectivity index (χ0n) is 17.2. The number of hydrogen-bond donors (Lipinski definition) is 0. The van der Waals surface area contributed by atoms with Crippen LogP contribution in [0.1, 0.15) is 11.3 Å². The zero-order valence-corrected chi connectivity index (χ0v) is 19.8. The lowest BCUT2D eigenvalue weighted by Gasteiger charge is -2.19. The second-order valence-corrected chi connectivity index (χ2v) is 14.9. The van der Waals surface area contributed by atoms with Gasteiger partial charge in [-0.3, -0.25) is 14.3 Å². The topological polar surface area (TPSA) is 44.1 Å². The molecule has 0 atom stereocenters. The Morgan fingerprint density at radius 2 is 1.93 bits per heavy atom. The minimum absolute atomic E-state index is 0.0129. The Morgan fingerprint density at radius 1 is 1.18 bits per heavy atom. The Labute approximate surface area is 175 Å². The maximum atomic E-state index is 13.2. The number of pyridine rings is 2. The number of ether oxygens (including phenoxy) is 1. The molecule has 3 rings (SSSR count). The van der Waals surface area contributed by atoms with Crippen molar-refractivity contribution in [3.63, 3.8) is 0 Å². The molecular weight excluding hydrogens is 432 g/mol. The van der Waals surface area contributed by atoms with Gasteiger partial charge in [-0.1, -0.05) is 41.6 Å². The molecule has 0 bridgehead atoms. The highest BCUT2D eigenvalue weighted by Crippen LogP contribution is 2.33. The summed E-state index contributed by atoms with van der Waals surface area (Å²) in [6, 6.07) is 11.0. The normalized spacial score (nSPS) is 11.9. The first-order valence-corrected chi connectivity index (χ1v) is 14.0. The summed E-state index contributed by atoms with van der Waals surface area (Å²) in [4.78, 5) is 17.6. The summed E-state index contributed by atoms with van der Waals surface area (Å²) in [7, 11) is -1.17. The average Bonchev–Trinajstić information content (AvgIpc) is 2.62. The van der Waals surface area contributed by atoms with E-state index >= 15 is 0 Å². The van der Waals surface area contributed by atoms with Crippen molar-refractivity contribution in [3.8, 4) is 11.1 Å². The van der Waals surface area contributed by atoms with Gasteiger partial charge in [-0.25, -0.2) is 0 Å². The van der Waals surface area contributed by atoms with Crippen molar-refractivity contribution in [1.82, 2.24) is 9.55 Å². The molecular formula is C22H27BrN2O2Si. The van der Waals surface area contributed by atoms with Crippen LogP contribution in [0.15, 0.2) is 45.8 Å². The fourth-order valence-corrected chi connectivity index (χ4v) is 4.44. The standard InChI is InChI=1S/C22H27BrN2O2Si/c1-15-21(18-7-6-10-24-16(18)2)19-13-17(23)8-9-20(19)25(22(15)26)14-27-11-12-28(3,4)5/h6-10,13H,11-12,14H2,1-5H3. The molecule has 148 valence electrons. The van der Waals surface area contributed by atoms with Crippen LogP contribution in [0.5, 0.6) is 0 Å². The lowest BCUT2D eigenvalue weighted by Crippen LogP contribution is -2.27. The second-order valence-electron chi connectivity index (χ2n) is 8.38. The summed E-state index contributed by atoms with van der Waals surface area (Å²) in [6.07, 6.45) is 1.78. The highest BCUT2D eigenvalue weighted by atomic mass is 79.9. The summed E-state index contributed by atoms with van der Waals surface area (Å²) in [6.45, 7) is 11.8. The SMILES string of the molecule is Cc1ncccc1-c1c(C)c(=O)n(COCC[Si](C)(C)C)c2ccc(Br)cc12. The van der Waals surface area contributed by atoms with Crippen LogP contribution in [0.2, 0.25) is 25.7 Å². The van der Waals surface area contributed by atoms with Crippen LogP contribution in [0.3, 0.4) is 0 Å². The zero-order chi connectivity index (χ0) is 20.5. The summed E-state index contributed by atoms with van der Waals surface area (Å²) >= 11 is 3.58. The predicted molar refractivity (Wildman–Crippen MR) is 123 cm³/mol. The van der Waals surface area contributed by atoms with E-state index < -0.39 is 8.07 Å². The third-order valence-corrected chi connectivity index (χ3v) is 7.15. The van der Waals surface area contributed by atoms with E-state index in [2.05, 4.69) is 46.6 Å². The van der Waals surface area contributed by atoms with Gasteiger partial charge in [-0.05, 0) is 44.2 Å². The van der Waals surface area contributed by atoms with Crippen molar-refractivity contribution in [2.24, 2.45) is 0 Å². The Bertz CT molecular complexity index is 1070.